The van der Waals surface area contributed by atoms with Crippen LogP contribution in [0, 0.1) is 10.1 Å². The van der Waals surface area contributed by atoms with Crippen LogP contribution in [-0.2, 0) is 0 Å². The molecule has 0 radical (unpaired) electrons. The molecule has 0 aliphatic carbocycles. The predicted octanol–water partition coefficient (Wildman–Crippen LogP) is 0.872. The van der Waals surface area contributed by atoms with Crippen LogP contribution in [0.1, 0.15) is 0 Å². The zero-order valence-corrected chi connectivity index (χ0v) is 5.65. The van der Waals surface area contributed by atoms with Crippen LogP contribution in [0.3, 0.4) is 0 Å². The van der Waals surface area contributed by atoms with Gasteiger partial charge < -0.3 is 5.73 Å². The molecule has 0 aliphatic rings. The minimum Gasteiger partial charge on any atom is -0.399 e. The number of benzene rings is 1. The number of nitrogen functional groups attached to an aromatic ring is 1. The maximum absolute atomic E-state index is 9.92. The maximum atomic E-state index is 9.92. The van der Waals surface area contributed by atoms with Crippen molar-refractivity contribution in [2.24, 2.45) is 0 Å². The summed E-state index contributed by atoms with van der Waals surface area (Å²) in [6.45, 7) is 0. The highest BCUT2D eigenvalue weighted by atomic mass is 16.7. The van der Waals surface area contributed by atoms with Crippen LogP contribution in [0.4, 0.5) is 11.4 Å². The summed E-state index contributed by atoms with van der Waals surface area (Å²) in [5, 5.41) is 9.30. The number of hydrogen-bond donors (Lipinski definition) is 2. The Balaban J connectivity index is 2.74. The third kappa shape index (κ3) is 2.13. The summed E-state index contributed by atoms with van der Waals surface area (Å²) < 4.78 is 0. The Hall–Kier alpha value is -1.78. The fraction of sp³-hybridized carbons (Fsp3) is 0. The van der Waals surface area contributed by atoms with Crippen molar-refractivity contribution in [3.05, 3.63) is 34.4 Å². The number of nitro groups is 1. The minimum absolute atomic E-state index is 0.421. The number of nitrogens with two attached hydrogens (primary N) is 1. The summed E-state index contributed by atoms with van der Waals surface area (Å²) in [4.78, 5) is 9.92. The third-order valence-electron chi connectivity index (χ3n) is 1.13. The van der Waals surface area contributed by atoms with Gasteiger partial charge in [-0.25, -0.2) is 10.1 Å². The maximum Gasteiger partial charge on any atom is 0.162 e. The Morgan fingerprint density at radius 1 is 1.36 bits per heavy atom. The van der Waals surface area contributed by atoms with Crippen molar-refractivity contribution in [2.45, 2.75) is 0 Å². The van der Waals surface area contributed by atoms with E-state index in [-0.39, 0.29) is 0 Å². The van der Waals surface area contributed by atoms with E-state index in [4.69, 9.17) is 5.73 Å². The summed E-state index contributed by atoms with van der Waals surface area (Å²) in [6.07, 6.45) is 0. The molecule has 0 bridgehead atoms. The Morgan fingerprint density at radius 2 is 1.91 bits per heavy atom. The van der Waals surface area contributed by atoms with E-state index in [0.29, 0.717) is 11.4 Å². The van der Waals surface area contributed by atoms with E-state index in [0.717, 1.165) is 0 Å². The molecule has 58 valence electrons. The molecule has 1 aromatic carbocycles. The highest BCUT2D eigenvalue weighted by molar-refractivity contribution is 5.49. The first-order valence-corrected chi connectivity index (χ1v) is 2.95. The number of anilines is 2. The third-order valence-corrected chi connectivity index (χ3v) is 1.13. The van der Waals surface area contributed by atoms with Crippen LogP contribution in [0.15, 0.2) is 24.3 Å². The molecule has 11 heavy (non-hydrogen) atoms. The molecule has 5 heteroatoms. The van der Waals surface area contributed by atoms with E-state index in [9.17, 15) is 10.1 Å². The summed E-state index contributed by atoms with van der Waals surface area (Å²) >= 11 is 0. The normalized spacial score (nSPS) is 9.09. The van der Waals surface area contributed by atoms with Gasteiger partial charge in [0.1, 0.15) is 5.69 Å². The number of nitrogens with zero attached hydrogens (tertiary/aromatic N) is 1. The molecule has 0 aliphatic heterocycles. The van der Waals surface area contributed by atoms with Gasteiger partial charge in [0.25, 0.3) is 0 Å². The number of hydrogen-bond acceptors (Lipinski definition) is 3. The van der Waals surface area contributed by atoms with Crippen molar-refractivity contribution >= 4 is 11.4 Å². The van der Waals surface area contributed by atoms with Crippen molar-refractivity contribution in [2.75, 3.05) is 11.2 Å². The molecule has 3 N–H and O–H groups in total. The largest absolute Gasteiger partial charge is 0.399 e. The lowest BCUT2D eigenvalue weighted by Crippen LogP contribution is -2.07. The van der Waals surface area contributed by atoms with Crippen molar-refractivity contribution < 1.29 is 5.03 Å². The first-order valence-electron chi connectivity index (χ1n) is 2.95. The second-order valence-electron chi connectivity index (χ2n) is 1.99. The highest BCUT2D eigenvalue weighted by Gasteiger charge is 1.95. The zero-order chi connectivity index (χ0) is 8.27. The fourth-order valence-corrected chi connectivity index (χ4v) is 0.663. The molecular formula is C6H7N3O2. The second kappa shape index (κ2) is 2.87. The van der Waals surface area contributed by atoms with E-state index in [1.807, 2.05) is 5.43 Å². The summed E-state index contributed by atoms with van der Waals surface area (Å²) in [6, 6.07) is 6.26. The van der Waals surface area contributed by atoms with E-state index in [1.54, 1.807) is 12.1 Å². The molecule has 0 saturated carbocycles. The summed E-state index contributed by atoms with van der Waals surface area (Å²) in [5.41, 5.74) is 8.36. The van der Waals surface area contributed by atoms with Crippen molar-refractivity contribution in [1.82, 2.24) is 0 Å². The molecule has 0 amide bonds. The van der Waals surface area contributed by atoms with Gasteiger partial charge in [-0.3, -0.25) is 0 Å². The minimum atomic E-state index is -0.620. The average molecular weight is 153 g/mol. The van der Waals surface area contributed by atoms with E-state index < -0.39 is 5.03 Å². The van der Waals surface area contributed by atoms with Crippen molar-refractivity contribution in [3.63, 3.8) is 0 Å². The standard InChI is InChI=1S/C6H7N3O2/c7-5-1-3-6(4-2-5)8-9(10)11/h1-4,8H,7H2. The predicted molar refractivity (Wildman–Crippen MR) is 41.5 cm³/mol. The molecule has 0 atom stereocenters. The van der Waals surface area contributed by atoms with Gasteiger partial charge in [-0.15, -0.1) is 5.43 Å². The average Bonchev–Trinajstić information content (AvgIpc) is 1.93. The Bertz CT molecular complexity index is 257. The highest BCUT2D eigenvalue weighted by Crippen LogP contribution is 2.09. The van der Waals surface area contributed by atoms with Crippen LogP contribution in [0.5, 0.6) is 0 Å². The van der Waals surface area contributed by atoms with Gasteiger partial charge in [-0.05, 0) is 24.3 Å². The van der Waals surface area contributed by atoms with Crippen LogP contribution >= 0.6 is 0 Å². The first-order chi connectivity index (χ1) is 5.18. The molecule has 1 aromatic rings. The first kappa shape index (κ1) is 7.33. The SMILES string of the molecule is Nc1ccc(N[N+](=O)[O-])cc1. The Kier molecular flexibility index (Phi) is 1.91. The topological polar surface area (TPSA) is 81.2 Å². The molecule has 5 nitrogen and oxygen atoms in total. The molecule has 0 spiro atoms. The monoisotopic (exact) mass is 153 g/mol. The summed E-state index contributed by atoms with van der Waals surface area (Å²) in [5.74, 6) is 0. The zero-order valence-electron chi connectivity index (χ0n) is 5.65. The molecule has 1 rings (SSSR count). The smallest absolute Gasteiger partial charge is 0.162 e. The molecule has 0 heterocycles. The lowest BCUT2D eigenvalue weighted by molar-refractivity contribution is -0.445. The fourth-order valence-electron chi connectivity index (χ4n) is 0.663. The van der Waals surface area contributed by atoms with Gasteiger partial charge in [0.05, 0.1) is 0 Å². The quantitative estimate of drug-likeness (QED) is 0.375. The van der Waals surface area contributed by atoms with E-state index in [2.05, 4.69) is 0 Å². The number of hydrazine groups is 1. The molecule has 0 fully saturated rings. The van der Waals surface area contributed by atoms with Gasteiger partial charge in [-0.2, -0.15) is 0 Å². The van der Waals surface area contributed by atoms with Crippen LogP contribution in [0.2, 0.25) is 0 Å². The lowest BCUT2D eigenvalue weighted by Gasteiger charge is -1.96. The second-order valence-corrected chi connectivity index (χ2v) is 1.99. The van der Waals surface area contributed by atoms with Crippen LogP contribution < -0.4 is 11.2 Å². The molecule has 0 saturated heterocycles. The molecule has 0 aromatic heterocycles. The van der Waals surface area contributed by atoms with Gasteiger partial charge >= 0.3 is 0 Å². The lowest BCUT2D eigenvalue weighted by atomic mass is 10.3. The van der Waals surface area contributed by atoms with E-state index >= 15 is 0 Å². The number of rotatable bonds is 2. The Morgan fingerprint density at radius 3 is 2.36 bits per heavy atom. The van der Waals surface area contributed by atoms with Gasteiger partial charge in [0, 0.05) is 5.69 Å². The van der Waals surface area contributed by atoms with Gasteiger partial charge in [0.2, 0.25) is 0 Å². The van der Waals surface area contributed by atoms with Crippen molar-refractivity contribution in [3.8, 4) is 0 Å². The molecule has 0 unspecified atom stereocenters. The summed E-state index contributed by atoms with van der Waals surface area (Å²) in [7, 11) is 0. The van der Waals surface area contributed by atoms with Gasteiger partial charge in [-0.1, -0.05) is 0 Å². The van der Waals surface area contributed by atoms with Crippen molar-refractivity contribution in [1.29, 1.82) is 0 Å². The van der Waals surface area contributed by atoms with Crippen LogP contribution in [-0.4, -0.2) is 5.03 Å². The van der Waals surface area contributed by atoms with E-state index in [1.165, 1.54) is 12.1 Å². The number of nitrogens with one attached hydrogen (secondary N) is 1. The molecular weight excluding hydrogens is 146 g/mol. The van der Waals surface area contributed by atoms with Gasteiger partial charge in [0.15, 0.2) is 5.03 Å². The van der Waals surface area contributed by atoms with Crippen LogP contribution in [0.25, 0.3) is 0 Å². The Labute approximate surface area is 62.9 Å².